The summed E-state index contributed by atoms with van der Waals surface area (Å²) in [6, 6.07) is 26.3. The molecular formula is C24H19N3O3. The van der Waals surface area contributed by atoms with E-state index in [4.69, 9.17) is 14.7 Å². The second kappa shape index (κ2) is 8.93. The summed E-state index contributed by atoms with van der Waals surface area (Å²) >= 11 is 0. The smallest absolute Gasteiger partial charge is 0.277 e. The third-order valence-electron chi connectivity index (χ3n) is 4.70. The van der Waals surface area contributed by atoms with Crippen LogP contribution in [0, 0.1) is 11.3 Å². The van der Waals surface area contributed by atoms with Gasteiger partial charge in [0.1, 0.15) is 23.7 Å². The van der Waals surface area contributed by atoms with Crippen molar-refractivity contribution in [3.8, 4) is 17.6 Å². The Labute approximate surface area is 174 Å². The Balaban J connectivity index is 1.47. The Morgan fingerprint density at radius 1 is 1.07 bits per heavy atom. The number of hydrogen-bond acceptors (Lipinski definition) is 5. The number of amides is 1. The molecule has 0 aromatic heterocycles. The van der Waals surface area contributed by atoms with Gasteiger partial charge in [0.05, 0.1) is 11.3 Å². The summed E-state index contributed by atoms with van der Waals surface area (Å²) in [6.07, 6.45) is 0.342. The molecule has 0 bridgehead atoms. The number of para-hydroxylation sites is 2. The van der Waals surface area contributed by atoms with E-state index in [1.54, 1.807) is 24.3 Å². The van der Waals surface area contributed by atoms with Crippen molar-refractivity contribution in [1.82, 2.24) is 5.43 Å². The SMILES string of the molecule is N#Cc1ccccc1OCC(=O)N/N=C1\CC(c2ccccc2)Oc2ccccc21. The molecule has 0 fully saturated rings. The lowest BCUT2D eigenvalue weighted by Gasteiger charge is -2.27. The maximum Gasteiger partial charge on any atom is 0.277 e. The summed E-state index contributed by atoms with van der Waals surface area (Å²) < 4.78 is 11.6. The van der Waals surface area contributed by atoms with Gasteiger partial charge in [-0.25, -0.2) is 5.43 Å². The van der Waals surface area contributed by atoms with Crippen LogP contribution in [0.2, 0.25) is 0 Å². The first-order valence-electron chi connectivity index (χ1n) is 9.53. The van der Waals surface area contributed by atoms with Gasteiger partial charge in [-0.1, -0.05) is 54.6 Å². The maximum absolute atomic E-state index is 12.3. The summed E-state index contributed by atoms with van der Waals surface area (Å²) in [4.78, 5) is 12.3. The number of fused-ring (bicyclic) bond motifs is 1. The molecule has 3 aromatic rings. The zero-order valence-electron chi connectivity index (χ0n) is 16.1. The minimum absolute atomic E-state index is 0.185. The van der Waals surface area contributed by atoms with Crippen LogP contribution in [0.4, 0.5) is 0 Å². The van der Waals surface area contributed by atoms with Crippen molar-refractivity contribution >= 4 is 11.6 Å². The largest absolute Gasteiger partial charge is 0.485 e. The summed E-state index contributed by atoms with van der Waals surface area (Å²) in [7, 11) is 0. The van der Waals surface area contributed by atoms with Crippen molar-refractivity contribution in [3.05, 3.63) is 95.6 Å². The average Bonchev–Trinajstić information content (AvgIpc) is 2.81. The second-order valence-electron chi connectivity index (χ2n) is 6.71. The molecule has 148 valence electrons. The molecule has 1 atom stereocenters. The van der Waals surface area contributed by atoms with E-state index in [1.807, 2.05) is 60.7 Å². The molecule has 30 heavy (non-hydrogen) atoms. The first-order chi connectivity index (χ1) is 14.7. The minimum Gasteiger partial charge on any atom is -0.485 e. The number of carbonyl (C=O) groups is 1. The van der Waals surface area contributed by atoms with Crippen LogP contribution in [0.3, 0.4) is 0 Å². The van der Waals surface area contributed by atoms with Gasteiger partial charge in [-0.3, -0.25) is 4.79 Å². The van der Waals surface area contributed by atoms with Gasteiger partial charge in [0.2, 0.25) is 0 Å². The van der Waals surface area contributed by atoms with Gasteiger partial charge in [0.25, 0.3) is 5.91 Å². The molecular weight excluding hydrogens is 378 g/mol. The number of carbonyl (C=O) groups excluding carboxylic acids is 1. The molecule has 3 aromatic carbocycles. The number of rotatable bonds is 5. The Morgan fingerprint density at radius 3 is 2.63 bits per heavy atom. The van der Waals surface area contributed by atoms with E-state index in [0.717, 1.165) is 22.6 Å². The van der Waals surface area contributed by atoms with Crippen molar-refractivity contribution < 1.29 is 14.3 Å². The standard InChI is InChI=1S/C24H19N3O3/c25-15-18-10-4-6-12-21(18)29-16-24(28)27-26-20-14-23(17-8-2-1-3-9-17)30-22-13-7-5-11-19(20)22/h1-13,23H,14,16H2,(H,27,28)/b26-20+. The second-order valence-corrected chi connectivity index (χ2v) is 6.71. The van der Waals surface area contributed by atoms with Crippen LogP contribution in [0.25, 0.3) is 0 Å². The quantitative estimate of drug-likeness (QED) is 0.660. The number of nitrogens with zero attached hydrogens (tertiary/aromatic N) is 2. The lowest BCUT2D eigenvalue weighted by molar-refractivity contribution is -0.123. The Bertz CT molecular complexity index is 1120. The van der Waals surface area contributed by atoms with Gasteiger partial charge in [-0.2, -0.15) is 10.4 Å². The van der Waals surface area contributed by atoms with Gasteiger partial charge >= 0.3 is 0 Å². The molecule has 1 aliphatic heterocycles. The monoisotopic (exact) mass is 397 g/mol. The summed E-state index contributed by atoms with van der Waals surface area (Å²) in [5.41, 5.74) is 5.56. The van der Waals surface area contributed by atoms with Gasteiger partial charge in [-0.05, 0) is 29.8 Å². The average molecular weight is 397 g/mol. The molecule has 4 rings (SSSR count). The van der Waals surface area contributed by atoms with Crippen LogP contribution in [0.1, 0.15) is 29.2 Å². The Hall–Kier alpha value is -4.11. The lowest BCUT2D eigenvalue weighted by atomic mass is 9.96. The van der Waals surface area contributed by atoms with Gasteiger partial charge in [0, 0.05) is 12.0 Å². The van der Waals surface area contributed by atoms with E-state index in [9.17, 15) is 4.79 Å². The van der Waals surface area contributed by atoms with E-state index >= 15 is 0 Å². The number of hydrogen-bond donors (Lipinski definition) is 1. The van der Waals surface area contributed by atoms with Crippen LogP contribution in [-0.2, 0) is 4.79 Å². The van der Waals surface area contributed by atoms with Crippen molar-refractivity contribution in [1.29, 1.82) is 5.26 Å². The van der Waals surface area contributed by atoms with Crippen LogP contribution < -0.4 is 14.9 Å². The molecule has 1 aliphatic rings. The Morgan fingerprint density at radius 2 is 1.80 bits per heavy atom. The predicted molar refractivity (Wildman–Crippen MR) is 112 cm³/mol. The maximum atomic E-state index is 12.3. The third-order valence-corrected chi connectivity index (χ3v) is 4.70. The highest BCUT2D eigenvalue weighted by atomic mass is 16.5. The summed E-state index contributed by atoms with van der Waals surface area (Å²) in [5.74, 6) is 0.684. The molecule has 1 N–H and O–H groups in total. The van der Waals surface area contributed by atoms with E-state index in [-0.39, 0.29) is 12.7 Å². The zero-order chi connectivity index (χ0) is 20.8. The van der Waals surface area contributed by atoms with Crippen LogP contribution >= 0.6 is 0 Å². The lowest BCUT2D eigenvalue weighted by Crippen LogP contribution is -2.28. The fraction of sp³-hybridized carbons (Fsp3) is 0.125. The summed E-state index contributed by atoms with van der Waals surface area (Å²) in [5, 5.41) is 13.5. The van der Waals surface area contributed by atoms with E-state index in [2.05, 4.69) is 10.5 Å². The molecule has 6 heteroatoms. The Kier molecular flexibility index (Phi) is 5.72. The molecule has 6 nitrogen and oxygen atoms in total. The van der Waals surface area contributed by atoms with Crippen LogP contribution in [0.15, 0.2) is 84.0 Å². The van der Waals surface area contributed by atoms with E-state index in [0.29, 0.717) is 17.7 Å². The highest BCUT2D eigenvalue weighted by Crippen LogP contribution is 2.34. The predicted octanol–water partition coefficient (Wildman–Crippen LogP) is 3.98. The van der Waals surface area contributed by atoms with Crippen molar-refractivity contribution in [2.75, 3.05) is 6.61 Å². The molecule has 0 saturated carbocycles. The number of nitrogens with one attached hydrogen (secondary N) is 1. The fourth-order valence-electron chi connectivity index (χ4n) is 3.24. The molecule has 0 saturated heterocycles. The molecule has 0 aliphatic carbocycles. The molecule has 1 heterocycles. The van der Waals surface area contributed by atoms with Crippen LogP contribution in [-0.4, -0.2) is 18.2 Å². The molecule has 1 unspecified atom stereocenters. The molecule has 0 radical (unpaired) electrons. The highest BCUT2D eigenvalue weighted by Gasteiger charge is 2.26. The van der Waals surface area contributed by atoms with Crippen molar-refractivity contribution in [2.24, 2.45) is 5.10 Å². The molecule has 0 spiro atoms. The van der Waals surface area contributed by atoms with E-state index in [1.165, 1.54) is 0 Å². The van der Waals surface area contributed by atoms with Gasteiger partial charge < -0.3 is 9.47 Å². The van der Waals surface area contributed by atoms with Crippen molar-refractivity contribution in [3.63, 3.8) is 0 Å². The zero-order valence-corrected chi connectivity index (χ0v) is 16.1. The topological polar surface area (TPSA) is 83.7 Å². The number of nitriles is 1. The minimum atomic E-state index is -0.407. The van der Waals surface area contributed by atoms with Gasteiger partial charge in [0.15, 0.2) is 6.61 Å². The molecule has 1 amide bonds. The highest BCUT2D eigenvalue weighted by molar-refractivity contribution is 6.04. The van der Waals surface area contributed by atoms with E-state index < -0.39 is 5.91 Å². The fourth-order valence-corrected chi connectivity index (χ4v) is 3.24. The van der Waals surface area contributed by atoms with Crippen LogP contribution in [0.5, 0.6) is 11.5 Å². The number of benzene rings is 3. The number of ether oxygens (including phenoxy) is 2. The first kappa shape index (κ1) is 19.2. The summed E-state index contributed by atoms with van der Waals surface area (Å²) in [6.45, 7) is -0.240. The number of hydrazone groups is 1. The first-order valence-corrected chi connectivity index (χ1v) is 9.53. The van der Waals surface area contributed by atoms with Crippen molar-refractivity contribution in [2.45, 2.75) is 12.5 Å². The normalized spacial score (nSPS) is 16.1. The third kappa shape index (κ3) is 4.31. The van der Waals surface area contributed by atoms with Gasteiger partial charge in [-0.15, -0.1) is 0 Å².